The number of rotatable bonds is 0. The van der Waals surface area contributed by atoms with Crippen LogP contribution in [-0.2, 0) is 15.9 Å². The largest absolute Gasteiger partial charge is 0.393 e. The van der Waals surface area contributed by atoms with Gasteiger partial charge in [0.2, 0.25) is 0 Å². The monoisotopic (exact) mass is 280 g/mol. The molecular weight excluding hydrogens is 264 g/mol. The molecule has 1 spiro atoms. The molecule has 3 aliphatic rings. The molecule has 0 unspecified atom stereocenters. The summed E-state index contributed by atoms with van der Waals surface area (Å²) in [6, 6.07) is 6.06. The summed E-state index contributed by atoms with van der Waals surface area (Å²) >= 11 is 6.10. The van der Waals surface area contributed by atoms with Gasteiger partial charge in [-0.2, -0.15) is 0 Å². The van der Waals surface area contributed by atoms with Crippen LogP contribution in [0.5, 0.6) is 0 Å². The summed E-state index contributed by atoms with van der Waals surface area (Å²) in [6.07, 6.45) is 2.17. The Morgan fingerprint density at radius 1 is 1.21 bits per heavy atom. The first kappa shape index (κ1) is 12.2. The Bertz CT molecular complexity index is 510. The molecule has 2 bridgehead atoms. The van der Waals surface area contributed by atoms with Crippen molar-refractivity contribution >= 4 is 11.6 Å². The van der Waals surface area contributed by atoms with Crippen molar-refractivity contribution in [2.75, 3.05) is 13.2 Å². The molecule has 1 aromatic rings. The highest BCUT2D eigenvalue weighted by Crippen LogP contribution is 2.54. The quantitative estimate of drug-likeness (QED) is 0.794. The van der Waals surface area contributed by atoms with Crippen LogP contribution in [0.3, 0.4) is 0 Å². The van der Waals surface area contributed by atoms with Crippen LogP contribution in [0.4, 0.5) is 0 Å². The molecule has 4 rings (SSSR count). The van der Waals surface area contributed by atoms with Gasteiger partial charge in [-0.05, 0) is 42.5 Å². The minimum absolute atomic E-state index is 0.0275. The fraction of sp³-hybridized carbons (Fsp3) is 0.600. The van der Waals surface area contributed by atoms with Crippen molar-refractivity contribution in [3.05, 3.63) is 34.3 Å². The van der Waals surface area contributed by atoms with Crippen LogP contribution in [-0.4, -0.2) is 30.2 Å². The minimum atomic E-state index is -0.599. The maximum atomic E-state index is 10.3. The normalized spacial score (nSPS) is 35.4. The maximum absolute atomic E-state index is 10.3. The van der Waals surface area contributed by atoms with Gasteiger partial charge in [0.15, 0.2) is 5.79 Å². The number of hydrogen-bond acceptors (Lipinski definition) is 3. The van der Waals surface area contributed by atoms with Gasteiger partial charge in [-0.3, -0.25) is 0 Å². The molecule has 3 nitrogen and oxygen atoms in total. The third-order valence-electron chi connectivity index (χ3n) is 4.88. The maximum Gasteiger partial charge on any atom is 0.180 e. The number of fused-ring (bicyclic) bond motifs is 2. The van der Waals surface area contributed by atoms with E-state index in [0.717, 1.165) is 24.3 Å². The molecule has 3 atom stereocenters. The van der Waals surface area contributed by atoms with E-state index in [9.17, 15) is 5.11 Å². The van der Waals surface area contributed by atoms with E-state index in [4.69, 9.17) is 21.1 Å². The van der Waals surface area contributed by atoms with Crippen molar-refractivity contribution < 1.29 is 14.6 Å². The summed E-state index contributed by atoms with van der Waals surface area (Å²) in [6.45, 7) is 1.26. The third kappa shape index (κ3) is 1.62. The zero-order valence-electron chi connectivity index (χ0n) is 10.6. The number of aliphatic hydroxyl groups excluding tert-OH is 1. The molecule has 19 heavy (non-hydrogen) atoms. The van der Waals surface area contributed by atoms with E-state index in [-0.39, 0.29) is 17.9 Å². The molecule has 1 heterocycles. The Balaban J connectivity index is 1.86. The fourth-order valence-corrected chi connectivity index (χ4v) is 4.30. The van der Waals surface area contributed by atoms with Crippen LogP contribution in [0.15, 0.2) is 18.2 Å². The zero-order valence-corrected chi connectivity index (χ0v) is 11.4. The predicted octanol–water partition coefficient (Wildman–Crippen LogP) is 2.49. The number of hydrogen-bond donors (Lipinski definition) is 1. The molecule has 1 N–H and O–H groups in total. The molecular formula is C15H17ClO3. The summed E-state index contributed by atoms with van der Waals surface area (Å²) in [5.41, 5.74) is 2.53. The second-order valence-corrected chi connectivity index (χ2v) is 6.21. The Kier molecular flexibility index (Phi) is 2.68. The van der Waals surface area contributed by atoms with E-state index in [1.54, 1.807) is 0 Å². The number of benzene rings is 1. The summed E-state index contributed by atoms with van der Waals surface area (Å²) in [5.74, 6) is -0.345. The SMILES string of the molecule is O[C@H]1CC[C@@H]2c3ccc(Cl)cc3C[C@H]1C21OCCO1. The van der Waals surface area contributed by atoms with Gasteiger partial charge in [0, 0.05) is 16.9 Å². The van der Waals surface area contributed by atoms with Gasteiger partial charge in [0.25, 0.3) is 0 Å². The van der Waals surface area contributed by atoms with Gasteiger partial charge in [0.05, 0.1) is 19.3 Å². The van der Waals surface area contributed by atoms with E-state index in [2.05, 4.69) is 6.07 Å². The highest BCUT2D eigenvalue weighted by molar-refractivity contribution is 6.30. The lowest BCUT2D eigenvalue weighted by Gasteiger charge is -2.51. The summed E-state index contributed by atoms with van der Waals surface area (Å²) in [5, 5.41) is 11.1. The van der Waals surface area contributed by atoms with Gasteiger partial charge < -0.3 is 14.6 Å². The molecule has 102 valence electrons. The van der Waals surface area contributed by atoms with Crippen molar-refractivity contribution in [1.82, 2.24) is 0 Å². The lowest BCUT2D eigenvalue weighted by molar-refractivity contribution is -0.252. The van der Waals surface area contributed by atoms with E-state index >= 15 is 0 Å². The van der Waals surface area contributed by atoms with E-state index in [1.807, 2.05) is 12.1 Å². The fourth-order valence-electron chi connectivity index (χ4n) is 4.10. The average molecular weight is 281 g/mol. The van der Waals surface area contributed by atoms with Crippen LogP contribution in [0.2, 0.25) is 5.02 Å². The number of ether oxygens (including phenoxy) is 2. The van der Waals surface area contributed by atoms with Crippen LogP contribution >= 0.6 is 11.6 Å². The standard InChI is InChI=1S/C15H17ClO3/c16-10-1-2-11-9(7-10)8-13-14(17)4-3-12(11)15(13)18-5-6-19-15/h1-2,7,12-14,17H,3-6,8H2/t12-,13-,14+/m1/s1. The predicted molar refractivity (Wildman–Crippen MR) is 71.3 cm³/mol. The molecule has 2 aliphatic carbocycles. The molecule has 1 saturated carbocycles. The van der Waals surface area contributed by atoms with Crippen LogP contribution in [0, 0.1) is 5.92 Å². The van der Waals surface area contributed by atoms with Crippen molar-refractivity contribution in [3.8, 4) is 0 Å². The smallest absolute Gasteiger partial charge is 0.180 e. The highest BCUT2D eigenvalue weighted by Gasteiger charge is 2.58. The van der Waals surface area contributed by atoms with Crippen LogP contribution in [0.25, 0.3) is 0 Å². The van der Waals surface area contributed by atoms with Crippen molar-refractivity contribution in [1.29, 1.82) is 0 Å². The molecule has 2 fully saturated rings. The summed E-state index contributed by atoms with van der Waals surface area (Å²) in [4.78, 5) is 0. The van der Waals surface area contributed by atoms with Gasteiger partial charge in [0.1, 0.15) is 0 Å². The van der Waals surface area contributed by atoms with Crippen molar-refractivity contribution in [3.63, 3.8) is 0 Å². The van der Waals surface area contributed by atoms with Crippen molar-refractivity contribution in [2.45, 2.75) is 37.1 Å². The molecule has 4 heteroatoms. The Hall–Kier alpha value is -0.610. The zero-order chi connectivity index (χ0) is 13.0. The lowest BCUT2D eigenvalue weighted by atomic mass is 9.63. The first-order chi connectivity index (χ1) is 9.21. The summed E-state index contributed by atoms with van der Waals surface area (Å²) in [7, 11) is 0. The van der Waals surface area contributed by atoms with Gasteiger partial charge in [-0.25, -0.2) is 0 Å². The Morgan fingerprint density at radius 2 is 2.00 bits per heavy atom. The van der Waals surface area contributed by atoms with E-state index in [0.29, 0.717) is 13.2 Å². The van der Waals surface area contributed by atoms with Crippen LogP contribution < -0.4 is 0 Å². The molecule has 0 radical (unpaired) electrons. The average Bonchev–Trinajstić information content (AvgIpc) is 2.84. The van der Waals surface area contributed by atoms with Gasteiger partial charge in [-0.15, -0.1) is 0 Å². The summed E-state index contributed by atoms with van der Waals surface area (Å²) < 4.78 is 12.0. The Labute approximate surface area is 117 Å². The molecule has 1 aromatic carbocycles. The molecule has 0 aromatic heterocycles. The van der Waals surface area contributed by atoms with E-state index < -0.39 is 5.79 Å². The first-order valence-corrected chi connectivity index (χ1v) is 7.33. The second kappa shape index (κ2) is 4.19. The number of aliphatic hydroxyl groups is 1. The van der Waals surface area contributed by atoms with Gasteiger partial charge >= 0.3 is 0 Å². The molecule has 1 saturated heterocycles. The third-order valence-corrected chi connectivity index (χ3v) is 5.11. The topological polar surface area (TPSA) is 38.7 Å². The van der Waals surface area contributed by atoms with Crippen LogP contribution in [0.1, 0.15) is 29.9 Å². The van der Waals surface area contributed by atoms with Crippen molar-refractivity contribution in [2.24, 2.45) is 5.92 Å². The number of halogens is 1. The highest BCUT2D eigenvalue weighted by atomic mass is 35.5. The first-order valence-electron chi connectivity index (χ1n) is 6.95. The van der Waals surface area contributed by atoms with E-state index in [1.165, 1.54) is 11.1 Å². The lowest BCUT2D eigenvalue weighted by Crippen LogP contribution is -2.56. The molecule has 0 amide bonds. The Morgan fingerprint density at radius 3 is 2.79 bits per heavy atom. The minimum Gasteiger partial charge on any atom is -0.393 e. The molecule has 1 aliphatic heterocycles. The second-order valence-electron chi connectivity index (χ2n) is 5.77. The van der Waals surface area contributed by atoms with Gasteiger partial charge in [-0.1, -0.05) is 17.7 Å².